The van der Waals surface area contributed by atoms with Crippen LogP contribution in [0, 0.1) is 34.5 Å². The Hall–Kier alpha value is -5.73. The van der Waals surface area contributed by atoms with E-state index in [2.05, 4.69) is 21.0 Å². The molecular formula is C48H58ClN7O8S. The molecule has 65 heavy (non-hydrogen) atoms. The maximum atomic E-state index is 14.1. The van der Waals surface area contributed by atoms with Gasteiger partial charge in [0, 0.05) is 48.5 Å². The first-order chi connectivity index (χ1) is 30.6. The van der Waals surface area contributed by atoms with Gasteiger partial charge in [-0.3, -0.25) is 29.6 Å². The number of thiazole rings is 1. The topological polar surface area (TPSA) is 195 Å². The van der Waals surface area contributed by atoms with Gasteiger partial charge in [-0.05, 0) is 60.4 Å². The number of hydrogen-bond acceptors (Lipinski definition) is 12. The number of aliphatic hydroxyl groups excluding tert-OH is 1. The predicted octanol–water partition coefficient (Wildman–Crippen LogP) is 6.31. The molecule has 4 amide bonds. The highest BCUT2D eigenvalue weighted by atomic mass is 35.5. The Kier molecular flexibility index (Phi) is 14.8. The van der Waals surface area contributed by atoms with Crippen LogP contribution in [0.4, 0.5) is 5.69 Å². The second-order valence-electron chi connectivity index (χ2n) is 18.8. The normalized spacial score (nSPS) is 20.1. The second-order valence-corrected chi connectivity index (χ2v) is 20.1. The minimum Gasteiger partial charge on any atom is -0.491 e. The highest BCUT2D eigenvalue weighted by Crippen LogP contribution is 2.55. The smallest absolute Gasteiger partial charge is 0.261 e. The molecule has 1 aliphatic heterocycles. The van der Waals surface area contributed by atoms with Crippen molar-refractivity contribution in [2.45, 2.75) is 92.1 Å². The molecule has 15 nitrogen and oxygen atoms in total. The molecule has 6 rings (SSSR count). The van der Waals surface area contributed by atoms with Crippen molar-refractivity contribution in [1.29, 1.82) is 5.26 Å². The first-order valence-electron chi connectivity index (χ1n) is 21.4. The largest absolute Gasteiger partial charge is 0.491 e. The van der Waals surface area contributed by atoms with E-state index in [-0.39, 0.29) is 50.8 Å². The predicted molar refractivity (Wildman–Crippen MR) is 248 cm³/mol. The van der Waals surface area contributed by atoms with Crippen molar-refractivity contribution in [2.24, 2.45) is 16.2 Å². The summed E-state index contributed by atoms with van der Waals surface area (Å²) in [6, 6.07) is 19.2. The number of benzene rings is 3. The molecular weight excluding hydrogens is 870 g/mol. The van der Waals surface area contributed by atoms with E-state index in [4.69, 9.17) is 25.8 Å². The van der Waals surface area contributed by atoms with Crippen LogP contribution in [-0.2, 0) is 19.1 Å². The minimum absolute atomic E-state index is 0.0377. The summed E-state index contributed by atoms with van der Waals surface area (Å²) >= 11 is 7.79. The van der Waals surface area contributed by atoms with Gasteiger partial charge in [0.25, 0.3) is 11.8 Å². The molecule has 3 atom stereocenters. The van der Waals surface area contributed by atoms with Crippen LogP contribution in [0.5, 0.6) is 11.5 Å². The van der Waals surface area contributed by atoms with E-state index in [1.54, 1.807) is 92.1 Å². The van der Waals surface area contributed by atoms with Crippen LogP contribution in [-0.4, -0.2) is 102 Å². The van der Waals surface area contributed by atoms with Crippen molar-refractivity contribution >= 4 is 52.3 Å². The summed E-state index contributed by atoms with van der Waals surface area (Å²) in [6.07, 6.45) is -1.13. The van der Waals surface area contributed by atoms with E-state index in [9.17, 15) is 29.5 Å². The van der Waals surface area contributed by atoms with Crippen LogP contribution in [0.3, 0.4) is 0 Å². The summed E-state index contributed by atoms with van der Waals surface area (Å²) in [5, 5.41) is 27.7. The standard InChI is InChI=1S/C48H58ClN7O8S/c1-28-39(65-27-51-28)29-13-16-32(17-14-29)55(9)54-42(60)37-22-33(57)25-56(37)43(61)40(46(2,3)4)52-38(58)26-62-19-20-63-34-12-10-11-30(21-34)41(59)53-44-47(5,6)45(48(44,7)8)64-35-18-15-31(24-50)36(49)23-35/h10-18,21,23,27,33,37,40,44-45,57H,19-20,22,25-26H2,1-9H3,(H,52,58)(H,53,59)(H,54,60)/t33-,37+,40-,44?,45?/m1/s1. The number of hydrazine groups is 1. The van der Waals surface area contributed by atoms with E-state index in [1.165, 1.54) is 4.90 Å². The number of aryl methyl sites for hydroxylation is 1. The number of carbonyl (C=O) groups excluding carboxylic acids is 4. The maximum absolute atomic E-state index is 14.1. The van der Waals surface area contributed by atoms with Crippen LogP contribution >= 0.6 is 22.9 Å². The average molecular weight is 929 g/mol. The highest BCUT2D eigenvalue weighted by molar-refractivity contribution is 7.13. The lowest BCUT2D eigenvalue weighted by atomic mass is 9.49. The van der Waals surface area contributed by atoms with Crippen molar-refractivity contribution in [3.05, 3.63) is 94.1 Å². The van der Waals surface area contributed by atoms with Gasteiger partial charge in [-0.1, -0.05) is 78.3 Å². The third-order valence-corrected chi connectivity index (χ3v) is 13.4. The van der Waals surface area contributed by atoms with Gasteiger partial charge in [0.2, 0.25) is 11.8 Å². The maximum Gasteiger partial charge on any atom is 0.261 e. The Labute approximate surface area is 389 Å². The molecule has 2 heterocycles. The van der Waals surface area contributed by atoms with Gasteiger partial charge in [-0.2, -0.15) is 5.26 Å². The summed E-state index contributed by atoms with van der Waals surface area (Å²) < 4.78 is 17.8. The molecule has 3 aromatic carbocycles. The lowest BCUT2D eigenvalue weighted by molar-refractivity contribution is -0.164. The van der Waals surface area contributed by atoms with Crippen LogP contribution in [0.15, 0.2) is 72.2 Å². The summed E-state index contributed by atoms with van der Waals surface area (Å²) in [4.78, 5) is 61.1. The fourth-order valence-electron chi connectivity index (χ4n) is 8.96. The molecule has 17 heteroatoms. The number of aromatic nitrogens is 1. The molecule has 1 saturated heterocycles. The SMILES string of the molecule is Cc1ncsc1-c1ccc(N(C)NC(=O)[C@@H]2C[C@@H](O)CN2C(=O)[C@@H](NC(=O)COCCOc2cccc(C(=O)NC3C(C)(C)C(Oc4ccc(C#N)c(Cl)c4)C3(C)C)c2)C(C)(C)C)cc1. The number of rotatable bonds is 16. The molecule has 2 aliphatic rings. The van der Waals surface area contributed by atoms with Crippen LogP contribution < -0.4 is 30.5 Å². The lowest BCUT2D eigenvalue weighted by Crippen LogP contribution is -2.74. The van der Waals surface area contributed by atoms with E-state index in [0.29, 0.717) is 27.6 Å². The van der Waals surface area contributed by atoms with E-state index in [0.717, 1.165) is 21.8 Å². The van der Waals surface area contributed by atoms with Crippen molar-refractivity contribution in [3.8, 4) is 28.0 Å². The van der Waals surface area contributed by atoms with Gasteiger partial charge in [0.1, 0.15) is 49.0 Å². The second kappa shape index (κ2) is 19.8. The Bertz CT molecular complexity index is 2410. The number of likely N-dealkylation sites (tertiary alicyclic amines) is 1. The molecule has 0 unspecified atom stereocenters. The van der Waals surface area contributed by atoms with Crippen LogP contribution in [0.1, 0.15) is 76.5 Å². The monoisotopic (exact) mass is 927 g/mol. The molecule has 1 aromatic heterocycles. The van der Waals surface area contributed by atoms with Crippen molar-refractivity contribution in [2.75, 3.05) is 38.4 Å². The first kappa shape index (κ1) is 48.7. The fraction of sp³-hybridized carbons (Fsp3) is 0.458. The van der Waals surface area contributed by atoms with Gasteiger partial charge < -0.3 is 34.9 Å². The number of aliphatic hydroxyl groups is 1. The van der Waals surface area contributed by atoms with E-state index >= 15 is 0 Å². The summed E-state index contributed by atoms with van der Waals surface area (Å²) in [7, 11) is 1.70. The number of amides is 4. The van der Waals surface area contributed by atoms with Gasteiger partial charge in [0.15, 0.2) is 0 Å². The third kappa shape index (κ3) is 11.0. The van der Waals surface area contributed by atoms with Gasteiger partial charge in [-0.15, -0.1) is 11.3 Å². The Balaban J connectivity index is 0.967. The van der Waals surface area contributed by atoms with Gasteiger partial charge in [0.05, 0.1) is 45.1 Å². The number of nitriles is 1. The molecule has 4 aromatic rings. The van der Waals surface area contributed by atoms with Crippen LogP contribution in [0.25, 0.3) is 10.4 Å². The number of ether oxygens (including phenoxy) is 3. The number of anilines is 1. The number of hydrogen-bond donors (Lipinski definition) is 4. The zero-order chi connectivity index (χ0) is 47.4. The van der Waals surface area contributed by atoms with Gasteiger partial charge >= 0.3 is 0 Å². The van der Waals surface area contributed by atoms with Gasteiger partial charge in [-0.25, -0.2) is 4.98 Å². The molecule has 346 valence electrons. The Morgan fingerprint density at radius 1 is 1.03 bits per heavy atom. The summed E-state index contributed by atoms with van der Waals surface area (Å²) in [5.74, 6) is -0.787. The quantitative estimate of drug-likeness (QED) is 0.0727. The zero-order valence-corrected chi connectivity index (χ0v) is 39.8. The van der Waals surface area contributed by atoms with E-state index < -0.39 is 52.2 Å². The van der Waals surface area contributed by atoms with Crippen molar-refractivity contribution in [1.82, 2.24) is 25.9 Å². The third-order valence-electron chi connectivity index (χ3n) is 12.1. The molecule has 0 spiro atoms. The fourth-order valence-corrected chi connectivity index (χ4v) is 9.99. The Morgan fingerprint density at radius 3 is 2.37 bits per heavy atom. The zero-order valence-electron chi connectivity index (χ0n) is 38.2. The lowest BCUT2D eigenvalue weighted by Gasteiger charge is -2.63. The van der Waals surface area contributed by atoms with Crippen molar-refractivity contribution in [3.63, 3.8) is 0 Å². The molecule has 0 bridgehead atoms. The first-order valence-corrected chi connectivity index (χ1v) is 22.7. The molecule has 1 aliphatic carbocycles. The number of nitrogens with one attached hydrogen (secondary N) is 3. The van der Waals surface area contributed by atoms with Crippen LogP contribution in [0.2, 0.25) is 5.02 Å². The summed E-state index contributed by atoms with van der Waals surface area (Å²) in [6.45, 7) is 15.2. The minimum atomic E-state index is -1.03. The Morgan fingerprint density at radius 2 is 1.74 bits per heavy atom. The number of β-amino-alcohol motifs (C(OH)–C–C–N with tert-alkyl or cyclic N) is 1. The summed E-state index contributed by atoms with van der Waals surface area (Å²) in [5.41, 5.74) is 6.44. The highest BCUT2D eigenvalue weighted by Gasteiger charge is 2.64. The number of nitrogens with zero attached hydrogens (tertiary/aromatic N) is 4. The molecule has 1 saturated carbocycles. The molecule has 0 radical (unpaired) electrons. The molecule has 4 N–H and O–H groups in total. The van der Waals surface area contributed by atoms with E-state index in [1.807, 2.05) is 65.0 Å². The number of carbonyl (C=O) groups is 4. The average Bonchev–Trinajstić information content (AvgIpc) is 3.88. The van der Waals surface area contributed by atoms with Crippen molar-refractivity contribution < 1.29 is 38.5 Å². The molecule has 2 fully saturated rings. The number of halogens is 1.